The molecule has 0 aliphatic carbocycles. The molecule has 0 aliphatic heterocycles. The summed E-state index contributed by atoms with van der Waals surface area (Å²) in [6.45, 7) is 2.10. The van der Waals surface area contributed by atoms with Crippen LogP contribution in [-0.2, 0) is 13.0 Å². The summed E-state index contributed by atoms with van der Waals surface area (Å²) in [4.78, 5) is 2.61. The van der Waals surface area contributed by atoms with Gasteiger partial charge in [0, 0.05) is 25.7 Å². The first kappa shape index (κ1) is 13.1. The quantitative estimate of drug-likeness (QED) is 0.874. The summed E-state index contributed by atoms with van der Waals surface area (Å²) in [7, 11) is 0. The monoisotopic (exact) mass is 330 g/mol. The Morgan fingerprint density at radius 3 is 2.65 bits per heavy atom. The van der Waals surface area contributed by atoms with E-state index in [4.69, 9.17) is 16.7 Å². The summed E-state index contributed by atoms with van der Waals surface area (Å²) in [5, 5.41) is 9.85. The molecular weight excluding hydrogens is 320 g/mol. The summed E-state index contributed by atoms with van der Waals surface area (Å²) in [5.74, 6) is 0. The summed E-state index contributed by atoms with van der Waals surface area (Å²) in [6, 6.07) is 8.06. The summed E-state index contributed by atoms with van der Waals surface area (Å²) >= 11 is 11.4. The Kier molecular flexibility index (Phi) is 4.26. The van der Waals surface area contributed by atoms with E-state index in [0.29, 0.717) is 5.02 Å². The average molecular weight is 332 g/mol. The average Bonchev–Trinajstić information content (AvgIpc) is 2.69. The molecule has 0 bridgehead atoms. The molecule has 17 heavy (non-hydrogen) atoms. The van der Waals surface area contributed by atoms with Gasteiger partial charge < -0.3 is 5.11 Å². The highest BCUT2D eigenvalue weighted by Gasteiger charge is 2.08. The number of hydrogen-bond acceptors (Lipinski definition) is 2. The van der Waals surface area contributed by atoms with Gasteiger partial charge in [-0.25, -0.2) is 0 Å². The lowest BCUT2D eigenvalue weighted by Gasteiger charge is -2.07. The molecule has 0 aliphatic rings. The minimum absolute atomic E-state index is 0.00130. The van der Waals surface area contributed by atoms with E-state index in [1.807, 2.05) is 12.1 Å². The molecule has 2 aromatic rings. The van der Waals surface area contributed by atoms with Crippen molar-refractivity contribution in [1.29, 1.82) is 0 Å². The zero-order chi connectivity index (χ0) is 12.4. The molecule has 0 atom stereocenters. The van der Waals surface area contributed by atoms with Crippen LogP contribution in [0.25, 0.3) is 0 Å². The second-order valence-corrected chi connectivity index (χ2v) is 6.52. The molecule has 1 nitrogen and oxygen atoms in total. The van der Waals surface area contributed by atoms with Crippen LogP contribution in [0.4, 0.5) is 0 Å². The number of hydrogen-bond donors (Lipinski definition) is 1. The van der Waals surface area contributed by atoms with Crippen molar-refractivity contribution in [1.82, 2.24) is 0 Å². The summed E-state index contributed by atoms with van der Waals surface area (Å²) in [5.41, 5.74) is 1.90. The van der Waals surface area contributed by atoms with Crippen molar-refractivity contribution in [2.75, 3.05) is 0 Å². The maximum absolute atomic E-state index is 9.14. The van der Waals surface area contributed by atoms with E-state index in [2.05, 4.69) is 35.0 Å². The maximum atomic E-state index is 9.14. The Hall–Kier alpha value is -0.350. The third-order valence-corrected chi connectivity index (χ3v) is 4.64. The lowest BCUT2D eigenvalue weighted by Crippen LogP contribution is -1.92. The summed E-state index contributed by atoms with van der Waals surface area (Å²) in [6.07, 6.45) is 0.835. The van der Waals surface area contributed by atoms with Gasteiger partial charge in [0.05, 0.1) is 6.61 Å². The zero-order valence-electron chi connectivity index (χ0n) is 9.34. The highest BCUT2D eigenvalue weighted by molar-refractivity contribution is 9.10. The number of rotatable bonds is 3. The van der Waals surface area contributed by atoms with Crippen LogP contribution in [0.1, 0.15) is 20.9 Å². The van der Waals surface area contributed by atoms with Crippen LogP contribution in [-0.4, -0.2) is 5.11 Å². The van der Waals surface area contributed by atoms with Gasteiger partial charge in [-0.05, 0) is 42.3 Å². The number of benzene rings is 1. The van der Waals surface area contributed by atoms with E-state index < -0.39 is 0 Å². The molecule has 4 heteroatoms. The molecule has 0 unspecified atom stereocenters. The lowest BCUT2D eigenvalue weighted by atomic mass is 10.1. The molecule has 0 amide bonds. The van der Waals surface area contributed by atoms with Crippen LogP contribution in [0.3, 0.4) is 0 Å². The van der Waals surface area contributed by atoms with E-state index >= 15 is 0 Å². The predicted molar refractivity (Wildman–Crippen MR) is 76.9 cm³/mol. The highest BCUT2D eigenvalue weighted by Crippen LogP contribution is 2.29. The smallest absolute Gasteiger partial charge is 0.0693 e. The Morgan fingerprint density at radius 2 is 2.06 bits per heavy atom. The fourth-order valence-electron chi connectivity index (χ4n) is 1.65. The van der Waals surface area contributed by atoms with Crippen molar-refractivity contribution in [2.45, 2.75) is 20.0 Å². The number of aryl methyl sites for hydroxylation is 1. The maximum Gasteiger partial charge on any atom is 0.0693 e. The van der Waals surface area contributed by atoms with Gasteiger partial charge in [-0.15, -0.1) is 11.3 Å². The number of halogens is 2. The van der Waals surface area contributed by atoms with Crippen LogP contribution in [0.2, 0.25) is 5.02 Å². The van der Waals surface area contributed by atoms with Crippen LogP contribution < -0.4 is 0 Å². The van der Waals surface area contributed by atoms with Crippen molar-refractivity contribution >= 4 is 38.9 Å². The van der Waals surface area contributed by atoms with Gasteiger partial charge in [0.1, 0.15) is 0 Å². The van der Waals surface area contributed by atoms with Gasteiger partial charge >= 0.3 is 0 Å². The molecule has 0 saturated carbocycles. The topological polar surface area (TPSA) is 20.2 Å². The van der Waals surface area contributed by atoms with Crippen LogP contribution >= 0.6 is 38.9 Å². The number of thiophene rings is 1. The van der Waals surface area contributed by atoms with Gasteiger partial charge in [-0.1, -0.05) is 27.5 Å². The fourth-order valence-corrected chi connectivity index (χ4v) is 3.34. The van der Waals surface area contributed by atoms with Crippen molar-refractivity contribution in [2.24, 2.45) is 0 Å². The van der Waals surface area contributed by atoms with Gasteiger partial charge in [-0.2, -0.15) is 0 Å². The lowest BCUT2D eigenvalue weighted by molar-refractivity contribution is 0.281. The van der Waals surface area contributed by atoms with Crippen LogP contribution in [0, 0.1) is 6.92 Å². The molecule has 0 fully saturated rings. The first-order valence-corrected chi connectivity index (χ1v) is 7.22. The Labute approximate surface area is 118 Å². The standard InChI is InChI=1S/C13H12BrClOS/c1-8-2-3-11(17-8)4-9-5-12(14)10(7-16)6-13(9)15/h2-3,5-6,16H,4,7H2,1H3. The second-order valence-electron chi connectivity index (χ2n) is 3.88. The van der Waals surface area contributed by atoms with Crippen LogP contribution in [0.15, 0.2) is 28.7 Å². The third kappa shape index (κ3) is 3.10. The van der Waals surface area contributed by atoms with E-state index in [0.717, 1.165) is 22.0 Å². The van der Waals surface area contributed by atoms with E-state index in [9.17, 15) is 0 Å². The van der Waals surface area contributed by atoms with E-state index in [1.54, 1.807) is 11.3 Å². The predicted octanol–water partition coefficient (Wildman–Crippen LogP) is 4.56. The highest BCUT2D eigenvalue weighted by atomic mass is 79.9. The Morgan fingerprint density at radius 1 is 1.29 bits per heavy atom. The zero-order valence-corrected chi connectivity index (χ0v) is 12.5. The van der Waals surface area contributed by atoms with E-state index in [-0.39, 0.29) is 6.61 Å². The molecule has 0 radical (unpaired) electrons. The molecule has 1 heterocycles. The van der Waals surface area contributed by atoms with E-state index in [1.165, 1.54) is 9.75 Å². The van der Waals surface area contributed by atoms with Crippen molar-refractivity contribution in [3.8, 4) is 0 Å². The van der Waals surface area contributed by atoms with Gasteiger partial charge in [0.15, 0.2) is 0 Å². The van der Waals surface area contributed by atoms with Crippen LogP contribution in [0.5, 0.6) is 0 Å². The normalized spacial score (nSPS) is 10.8. The minimum atomic E-state index is -0.00130. The van der Waals surface area contributed by atoms with Crippen molar-refractivity contribution in [3.63, 3.8) is 0 Å². The second kappa shape index (κ2) is 5.53. The third-order valence-electron chi connectivity index (χ3n) is 2.55. The Bertz CT molecular complexity index is 536. The molecule has 2 rings (SSSR count). The number of aliphatic hydroxyl groups is 1. The largest absolute Gasteiger partial charge is 0.392 e. The van der Waals surface area contributed by atoms with Crippen molar-refractivity contribution < 1.29 is 5.11 Å². The van der Waals surface area contributed by atoms with Gasteiger partial charge in [0.25, 0.3) is 0 Å². The Balaban J connectivity index is 2.30. The van der Waals surface area contributed by atoms with Gasteiger partial charge in [-0.3, -0.25) is 0 Å². The molecule has 90 valence electrons. The molecule has 1 aromatic heterocycles. The SMILES string of the molecule is Cc1ccc(Cc2cc(Br)c(CO)cc2Cl)s1. The molecule has 1 N–H and O–H groups in total. The molecule has 0 spiro atoms. The molecular formula is C13H12BrClOS. The fraction of sp³-hybridized carbons (Fsp3) is 0.231. The first-order valence-electron chi connectivity index (χ1n) is 5.23. The molecule has 0 saturated heterocycles. The molecule has 1 aromatic carbocycles. The van der Waals surface area contributed by atoms with Crippen molar-refractivity contribution in [3.05, 3.63) is 54.6 Å². The summed E-state index contributed by atoms with van der Waals surface area (Å²) < 4.78 is 0.910. The first-order chi connectivity index (χ1) is 8.10. The van der Waals surface area contributed by atoms with Gasteiger partial charge in [0.2, 0.25) is 0 Å². The minimum Gasteiger partial charge on any atom is -0.392 e. The number of aliphatic hydroxyl groups excluding tert-OH is 1.